The second-order valence-corrected chi connectivity index (χ2v) is 5.99. The summed E-state index contributed by atoms with van der Waals surface area (Å²) >= 11 is 0. The van der Waals surface area contributed by atoms with Gasteiger partial charge in [0, 0.05) is 18.9 Å². The number of cyclic esters (lactones) is 1. The van der Waals surface area contributed by atoms with Crippen molar-refractivity contribution >= 4 is 11.9 Å². The summed E-state index contributed by atoms with van der Waals surface area (Å²) < 4.78 is 5.02. The van der Waals surface area contributed by atoms with Gasteiger partial charge in [-0.25, -0.2) is 0 Å². The maximum atomic E-state index is 12.2. The first-order valence-electron chi connectivity index (χ1n) is 7.96. The minimum atomic E-state index is -0.105. The largest absolute Gasteiger partial charge is 0.464 e. The highest BCUT2D eigenvalue weighted by Crippen LogP contribution is 2.23. The van der Waals surface area contributed by atoms with Crippen molar-refractivity contribution in [2.45, 2.75) is 31.8 Å². The van der Waals surface area contributed by atoms with Crippen molar-refractivity contribution < 1.29 is 14.3 Å². The summed E-state index contributed by atoms with van der Waals surface area (Å²) in [5.74, 6) is 0.0712. The second-order valence-electron chi connectivity index (χ2n) is 5.99. The van der Waals surface area contributed by atoms with E-state index in [9.17, 15) is 9.59 Å². The van der Waals surface area contributed by atoms with Crippen molar-refractivity contribution in [1.82, 2.24) is 10.2 Å². The number of carbonyl (C=O) groups excluding carboxylic acids is 2. The van der Waals surface area contributed by atoms with Crippen molar-refractivity contribution in [1.29, 1.82) is 0 Å². The molecule has 1 aromatic rings. The normalized spacial score (nSPS) is 23.3. The third-order valence-corrected chi connectivity index (χ3v) is 4.56. The second kappa shape index (κ2) is 6.92. The van der Waals surface area contributed by atoms with Crippen molar-refractivity contribution in [3.05, 3.63) is 35.9 Å². The Morgan fingerprint density at radius 3 is 2.55 bits per heavy atom. The van der Waals surface area contributed by atoms with Crippen LogP contribution >= 0.6 is 0 Å². The number of amides is 1. The Labute approximate surface area is 130 Å². The SMILES string of the molecule is O=C(NCc1ccccc1)C1CCN([C@H]2CCOC2=O)CC1. The summed E-state index contributed by atoms with van der Waals surface area (Å²) in [4.78, 5) is 26.0. The van der Waals surface area contributed by atoms with Crippen LogP contribution in [0.15, 0.2) is 30.3 Å². The van der Waals surface area contributed by atoms with Gasteiger partial charge in [0.05, 0.1) is 6.61 Å². The molecule has 5 heteroatoms. The fourth-order valence-corrected chi connectivity index (χ4v) is 3.22. The monoisotopic (exact) mass is 302 g/mol. The third kappa shape index (κ3) is 3.47. The van der Waals surface area contributed by atoms with Crippen LogP contribution in [0.3, 0.4) is 0 Å². The van der Waals surface area contributed by atoms with Crippen molar-refractivity contribution in [3.8, 4) is 0 Å². The summed E-state index contributed by atoms with van der Waals surface area (Å²) in [5, 5.41) is 3.01. The van der Waals surface area contributed by atoms with Crippen LogP contribution < -0.4 is 5.32 Å². The molecular weight excluding hydrogens is 280 g/mol. The molecule has 0 aliphatic carbocycles. The highest BCUT2D eigenvalue weighted by molar-refractivity contribution is 5.79. The van der Waals surface area contributed by atoms with E-state index in [-0.39, 0.29) is 23.8 Å². The quantitative estimate of drug-likeness (QED) is 0.853. The van der Waals surface area contributed by atoms with Gasteiger partial charge in [0.2, 0.25) is 5.91 Å². The molecule has 1 amide bonds. The van der Waals surface area contributed by atoms with Crippen LogP contribution in [0.1, 0.15) is 24.8 Å². The maximum Gasteiger partial charge on any atom is 0.323 e. The molecule has 0 aromatic heterocycles. The number of benzene rings is 1. The van der Waals surface area contributed by atoms with Gasteiger partial charge in [0.1, 0.15) is 6.04 Å². The summed E-state index contributed by atoms with van der Waals surface area (Å²) in [5.41, 5.74) is 1.11. The number of carbonyl (C=O) groups is 2. The number of esters is 1. The van der Waals surface area contributed by atoms with Gasteiger partial charge in [-0.3, -0.25) is 14.5 Å². The Balaban J connectivity index is 1.44. The van der Waals surface area contributed by atoms with E-state index in [1.54, 1.807) is 0 Å². The molecule has 2 aliphatic heterocycles. The molecule has 0 saturated carbocycles. The lowest BCUT2D eigenvalue weighted by atomic mass is 9.94. The topological polar surface area (TPSA) is 58.6 Å². The predicted molar refractivity (Wildman–Crippen MR) is 81.9 cm³/mol. The summed E-state index contributed by atoms with van der Waals surface area (Å²) in [6.07, 6.45) is 2.40. The van der Waals surface area contributed by atoms with Gasteiger partial charge >= 0.3 is 5.97 Å². The molecule has 2 saturated heterocycles. The van der Waals surface area contributed by atoms with E-state index in [1.807, 2.05) is 30.3 Å². The minimum Gasteiger partial charge on any atom is -0.464 e. The van der Waals surface area contributed by atoms with Gasteiger partial charge in [-0.2, -0.15) is 0 Å². The molecule has 0 radical (unpaired) electrons. The molecular formula is C17H22N2O3. The van der Waals surface area contributed by atoms with Crippen LogP contribution in [0.4, 0.5) is 0 Å². The molecule has 0 spiro atoms. The lowest BCUT2D eigenvalue weighted by Gasteiger charge is -2.33. The maximum absolute atomic E-state index is 12.2. The van der Waals surface area contributed by atoms with Gasteiger partial charge in [-0.05, 0) is 31.5 Å². The number of hydrogen-bond acceptors (Lipinski definition) is 4. The van der Waals surface area contributed by atoms with Crippen LogP contribution in [-0.2, 0) is 20.9 Å². The molecule has 118 valence electrons. The molecule has 5 nitrogen and oxygen atoms in total. The predicted octanol–water partition coefficient (Wildman–Crippen LogP) is 1.33. The Morgan fingerprint density at radius 1 is 1.18 bits per heavy atom. The van der Waals surface area contributed by atoms with Gasteiger partial charge < -0.3 is 10.1 Å². The zero-order chi connectivity index (χ0) is 15.4. The van der Waals surface area contributed by atoms with Crippen LogP contribution in [0.2, 0.25) is 0 Å². The van der Waals surface area contributed by atoms with Crippen molar-refractivity contribution in [3.63, 3.8) is 0 Å². The number of ether oxygens (including phenoxy) is 1. The molecule has 22 heavy (non-hydrogen) atoms. The van der Waals surface area contributed by atoms with Gasteiger partial charge in [-0.15, -0.1) is 0 Å². The molecule has 3 rings (SSSR count). The number of likely N-dealkylation sites (tertiary alicyclic amines) is 1. The Hall–Kier alpha value is -1.88. The van der Waals surface area contributed by atoms with E-state index >= 15 is 0 Å². The van der Waals surface area contributed by atoms with E-state index in [0.717, 1.165) is 37.9 Å². The average Bonchev–Trinajstić information content (AvgIpc) is 3.00. The number of rotatable bonds is 4. The average molecular weight is 302 g/mol. The Bertz CT molecular complexity index is 524. The summed E-state index contributed by atoms with van der Waals surface area (Å²) in [6, 6.07) is 9.84. The minimum absolute atomic E-state index is 0.0531. The lowest BCUT2D eigenvalue weighted by Crippen LogP contribution is -2.46. The molecule has 2 fully saturated rings. The fraction of sp³-hybridized carbons (Fsp3) is 0.529. The standard InChI is InChI=1S/C17H22N2O3/c20-16(18-12-13-4-2-1-3-5-13)14-6-9-19(10-7-14)15-8-11-22-17(15)21/h1-5,14-15H,6-12H2,(H,18,20)/t15-/m0/s1. The third-order valence-electron chi connectivity index (χ3n) is 4.56. The van der Waals surface area contributed by atoms with Crippen molar-refractivity contribution in [2.24, 2.45) is 5.92 Å². The first-order chi connectivity index (χ1) is 10.7. The van der Waals surface area contributed by atoms with Crippen LogP contribution in [0, 0.1) is 5.92 Å². The van der Waals surface area contributed by atoms with Crippen LogP contribution in [0.5, 0.6) is 0 Å². The van der Waals surface area contributed by atoms with Gasteiger partial charge in [0.15, 0.2) is 0 Å². The van der Waals surface area contributed by atoms with Gasteiger partial charge in [-0.1, -0.05) is 30.3 Å². The molecule has 0 bridgehead atoms. The lowest BCUT2D eigenvalue weighted by molar-refractivity contribution is -0.142. The van der Waals surface area contributed by atoms with E-state index in [4.69, 9.17) is 4.74 Å². The van der Waals surface area contributed by atoms with Crippen LogP contribution in [0.25, 0.3) is 0 Å². The first-order valence-corrected chi connectivity index (χ1v) is 7.96. The molecule has 2 heterocycles. The van der Waals surface area contributed by atoms with E-state index in [2.05, 4.69) is 10.2 Å². The molecule has 1 atom stereocenters. The van der Waals surface area contributed by atoms with E-state index < -0.39 is 0 Å². The molecule has 1 aromatic carbocycles. The Morgan fingerprint density at radius 2 is 1.91 bits per heavy atom. The fourth-order valence-electron chi connectivity index (χ4n) is 3.22. The number of piperidine rings is 1. The number of hydrogen-bond donors (Lipinski definition) is 1. The van der Waals surface area contributed by atoms with Crippen molar-refractivity contribution in [2.75, 3.05) is 19.7 Å². The first kappa shape index (κ1) is 15.0. The molecule has 1 N–H and O–H groups in total. The van der Waals surface area contributed by atoms with E-state index in [0.29, 0.717) is 13.2 Å². The zero-order valence-electron chi connectivity index (χ0n) is 12.7. The number of nitrogens with zero attached hydrogens (tertiary/aromatic N) is 1. The van der Waals surface area contributed by atoms with E-state index in [1.165, 1.54) is 0 Å². The zero-order valence-corrected chi connectivity index (χ0v) is 12.7. The summed E-state index contributed by atoms with van der Waals surface area (Å²) in [7, 11) is 0. The highest BCUT2D eigenvalue weighted by Gasteiger charge is 2.35. The molecule has 2 aliphatic rings. The smallest absolute Gasteiger partial charge is 0.323 e. The summed E-state index contributed by atoms with van der Waals surface area (Å²) in [6.45, 7) is 2.70. The molecule has 0 unspecified atom stereocenters. The van der Waals surface area contributed by atoms with Crippen LogP contribution in [-0.4, -0.2) is 42.5 Å². The number of nitrogens with one attached hydrogen (secondary N) is 1. The highest BCUT2D eigenvalue weighted by atomic mass is 16.5. The Kier molecular flexibility index (Phi) is 4.73. The van der Waals surface area contributed by atoms with Gasteiger partial charge in [0.25, 0.3) is 0 Å².